The first-order chi connectivity index (χ1) is 8.67. The molecule has 1 aromatic carbocycles. The maximum Gasteiger partial charge on any atom is 0.271 e. The first kappa shape index (κ1) is 12.0. The minimum atomic E-state index is -0.645. The zero-order valence-corrected chi connectivity index (χ0v) is 9.97. The van der Waals surface area contributed by atoms with E-state index >= 15 is 0 Å². The van der Waals surface area contributed by atoms with E-state index in [1.807, 2.05) is 0 Å². The van der Waals surface area contributed by atoms with E-state index in [-0.39, 0.29) is 5.69 Å². The van der Waals surface area contributed by atoms with Crippen molar-refractivity contribution in [2.24, 2.45) is 5.73 Å². The minimum absolute atomic E-state index is 0.0854. The minimum Gasteiger partial charge on any atom is -0.493 e. The first-order valence-corrected chi connectivity index (χ1v) is 5.13. The lowest BCUT2D eigenvalue weighted by atomic mass is 10.1. The van der Waals surface area contributed by atoms with E-state index in [2.05, 4.69) is 4.98 Å². The summed E-state index contributed by atoms with van der Waals surface area (Å²) in [5.41, 5.74) is 5.93. The van der Waals surface area contributed by atoms with Crippen LogP contribution in [0.3, 0.4) is 0 Å². The molecule has 0 unspecified atom stereocenters. The van der Waals surface area contributed by atoms with Crippen LogP contribution in [-0.2, 0) is 0 Å². The Labute approximate surface area is 103 Å². The van der Waals surface area contributed by atoms with Gasteiger partial charge >= 0.3 is 0 Å². The second-order valence-electron chi connectivity index (χ2n) is 3.46. The zero-order chi connectivity index (χ0) is 13.1. The second kappa shape index (κ2) is 4.79. The number of aromatic nitrogens is 1. The maximum atomic E-state index is 11.2. The van der Waals surface area contributed by atoms with Gasteiger partial charge in [-0.15, -0.1) is 0 Å². The highest BCUT2D eigenvalue weighted by Gasteiger charge is 2.17. The summed E-state index contributed by atoms with van der Waals surface area (Å²) < 4.78 is 15.5. The normalized spacial score (nSPS) is 10.1. The van der Waals surface area contributed by atoms with E-state index in [1.54, 1.807) is 25.3 Å². The monoisotopic (exact) mass is 248 g/mol. The van der Waals surface area contributed by atoms with Crippen LogP contribution in [0, 0.1) is 0 Å². The number of rotatable bonds is 4. The Kier molecular flexibility index (Phi) is 3.18. The molecule has 0 aliphatic carbocycles. The van der Waals surface area contributed by atoms with Crippen molar-refractivity contribution in [1.82, 2.24) is 4.98 Å². The molecule has 0 aliphatic heterocycles. The number of amides is 1. The van der Waals surface area contributed by atoms with E-state index in [1.165, 1.54) is 13.5 Å². The molecule has 2 aromatic rings. The topological polar surface area (TPSA) is 87.6 Å². The van der Waals surface area contributed by atoms with Crippen LogP contribution in [0.4, 0.5) is 0 Å². The van der Waals surface area contributed by atoms with E-state index < -0.39 is 5.91 Å². The first-order valence-electron chi connectivity index (χ1n) is 5.13. The summed E-state index contributed by atoms with van der Waals surface area (Å²) in [5.74, 6) is 0.778. The van der Waals surface area contributed by atoms with Crippen LogP contribution in [0.25, 0.3) is 11.3 Å². The van der Waals surface area contributed by atoms with Crippen LogP contribution in [0.5, 0.6) is 11.5 Å². The van der Waals surface area contributed by atoms with Crippen LogP contribution in [0.1, 0.15) is 10.5 Å². The standard InChI is InChI=1S/C12H12N2O4/c1-16-8-4-3-7(5-9(8)17-2)11-10(12(13)15)14-6-18-11/h3-6H,1-2H3,(H2,13,15). The highest BCUT2D eigenvalue weighted by Crippen LogP contribution is 2.33. The lowest BCUT2D eigenvalue weighted by molar-refractivity contribution is 0.0996. The van der Waals surface area contributed by atoms with Gasteiger partial charge in [0.2, 0.25) is 0 Å². The van der Waals surface area contributed by atoms with Gasteiger partial charge in [0, 0.05) is 5.56 Å². The van der Waals surface area contributed by atoms with Gasteiger partial charge in [-0.2, -0.15) is 0 Å². The third-order valence-electron chi connectivity index (χ3n) is 2.45. The van der Waals surface area contributed by atoms with E-state index in [9.17, 15) is 4.79 Å². The van der Waals surface area contributed by atoms with Gasteiger partial charge in [-0.3, -0.25) is 4.79 Å². The van der Waals surface area contributed by atoms with E-state index in [0.717, 1.165) is 0 Å². The molecule has 0 radical (unpaired) electrons. The summed E-state index contributed by atoms with van der Waals surface area (Å²) in [7, 11) is 3.07. The summed E-state index contributed by atoms with van der Waals surface area (Å²) in [5, 5.41) is 0. The molecule has 1 aromatic heterocycles. The van der Waals surface area contributed by atoms with Crippen LogP contribution < -0.4 is 15.2 Å². The lowest BCUT2D eigenvalue weighted by Crippen LogP contribution is -2.12. The molecular formula is C12H12N2O4. The maximum absolute atomic E-state index is 11.2. The van der Waals surface area contributed by atoms with Gasteiger partial charge in [0.05, 0.1) is 14.2 Å². The quantitative estimate of drug-likeness (QED) is 0.884. The number of carbonyl (C=O) groups excluding carboxylic acids is 1. The molecule has 1 heterocycles. The molecule has 0 saturated heterocycles. The van der Waals surface area contributed by atoms with Gasteiger partial charge in [-0.1, -0.05) is 0 Å². The number of nitrogens with two attached hydrogens (primary N) is 1. The summed E-state index contributed by atoms with van der Waals surface area (Å²) in [4.78, 5) is 15.0. The number of carbonyl (C=O) groups is 1. The van der Waals surface area contributed by atoms with Crippen molar-refractivity contribution in [3.05, 3.63) is 30.3 Å². The molecule has 94 valence electrons. The van der Waals surface area contributed by atoms with Gasteiger partial charge in [-0.25, -0.2) is 4.98 Å². The molecule has 2 rings (SSSR count). The Bertz CT molecular complexity index is 577. The molecule has 6 nitrogen and oxygen atoms in total. The Hall–Kier alpha value is -2.50. The van der Waals surface area contributed by atoms with Gasteiger partial charge < -0.3 is 19.6 Å². The largest absolute Gasteiger partial charge is 0.493 e. The van der Waals surface area contributed by atoms with Crippen molar-refractivity contribution in [3.8, 4) is 22.8 Å². The Morgan fingerprint density at radius 3 is 2.61 bits per heavy atom. The van der Waals surface area contributed by atoms with Crippen molar-refractivity contribution in [2.45, 2.75) is 0 Å². The summed E-state index contributed by atoms with van der Waals surface area (Å²) in [6.07, 6.45) is 1.17. The van der Waals surface area contributed by atoms with Crippen LogP contribution >= 0.6 is 0 Å². The van der Waals surface area contributed by atoms with Gasteiger partial charge in [0.1, 0.15) is 0 Å². The number of nitrogens with zero attached hydrogens (tertiary/aromatic N) is 1. The number of hydrogen-bond donors (Lipinski definition) is 1. The van der Waals surface area contributed by atoms with E-state index in [0.29, 0.717) is 22.8 Å². The molecule has 0 aliphatic rings. The fourth-order valence-electron chi connectivity index (χ4n) is 1.60. The number of oxazole rings is 1. The third-order valence-corrected chi connectivity index (χ3v) is 2.45. The van der Waals surface area contributed by atoms with Crippen LogP contribution in [-0.4, -0.2) is 25.1 Å². The molecule has 0 atom stereocenters. The number of primary amides is 1. The fourth-order valence-corrected chi connectivity index (χ4v) is 1.60. The van der Waals surface area contributed by atoms with Crippen molar-refractivity contribution in [2.75, 3.05) is 14.2 Å². The fraction of sp³-hybridized carbons (Fsp3) is 0.167. The van der Waals surface area contributed by atoms with Crippen molar-refractivity contribution in [3.63, 3.8) is 0 Å². The number of benzene rings is 1. The summed E-state index contributed by atoms with van der Waals surface area (Å²) in [6.45, 7) is 0. The van der Waals surface area contributed by atoms with Gasteiger partial charge in [0.15, 0.2) is 29.3 Å². The molecule has 18 heavy (non-hydrogen) atoms. The van der Waals surface area contributed by atoms with Crippen molar-refractivity contribution >= 4 is 5.91 Å². The average molecular weight is 248 g/mol. The SMILES string of the molecule is COc1ccc(-c2ocnc2C(N)=O)cc1OC. The van der Waals surface area contributed by atoms with E-state index in [4.69, 9.17) is 19.6 Å². The van der Waals surface area contributed by atoms with Crippen molar-refractivity contribution in [1.29, 1.82) is 0 Å². The predicted molar refractivity (Wildman–Crippen MR) is 63.6 cm³/mol. The predicted octanol–water partition coefficient (Wildman–Crippen LogP) is 1.46. The average Bonchev–Trinajstić information content (AvgIpc) is 2.87. The second-order valence-corrected chi connectivity index (χ2v) is 3.46. The summed E-state index contributed by atoms with van der Waals surface area (Å²) in [6, 6.07) is 5.13. The number of hydrogen-bond acceptors (Lipinski definition) is 5. The smallest absolute Gasteiger partial charge is 0.271 e. The highest BCUT2D eigenvalue weighted by atomic mass is 16.5. The Morgan fingerprint density at radius 1 is 1.28 bits per heavy atom. The van der Waals surface area contributed by atoms with Gasteiger partial charge in [-0.05, 0) is 18.2 Å². The highest BCUT2D eigenvalue weighted by molar-refractivity contribution is 5.96. The molecule has 2 N–H and O–H groups in total. The molecule has 6 heteroatoms. The molecule has 0 fully saturated rings. The van der Waals surface area contributed by atoms with Gasteiger partial charge in [0.25, 0.3) is 5.91 Å². The Morgan fingerprint density at radius 2 is 2.00 bits per heavy atom. The lowest BCUT2D eigenvalue weighted by Gasteiger charge is -2.08. The van der Waals surface area contributed by atoms with Crippen LogP contribution in [0.2, 0.25) is 0 Å². The molecule has 0 spiro atoms. The van der Waals surface area contributed by atoms with Crippen molar-refractivity contribution < 1.29 is 18.7 Å². The number of ether oxygens (including phenoxy) is 2. The molecule has 1 amide bonds. The zero-order valence-electron chi connectivity index (χ0n) is 9.97. The molecule has 0 saturated carbocycles. The van der Waals surface area contributed by atoms with Crippen LogP contribution in [0.15, 0.2) is 29.0 Å². The number of methoxy groups -OCH3 is 2. The molecular weight excluding hydrogens is 236 g/mol. The molecule has 0 bridgehead atoms. The third kappa shape index (κ3) is 2.00. The summed E-state index contributed by atoms with van der Waals surface area (Å²) >= 11 is 0. The Balaban J connectivity index is 2.51.